The number of hydrogen-bond acceptors (Lipinski definition) is 4. The molecule has 3 rings (SSSR count). The van der Waals surface area contributed by atoms with Crippen molar-refractivity contribution in [2.24, 2.45) is 0 Å². The number of nitrogens with one attached hydrogen (secondary N) is 1. The molecule has 0 saturated heterocycles. The van der Waals surface area contributed by atoms with Crippen molar-refractivity contribution in [3.8, 4) is 16.3 Å². The van der Waals surface area contributed by atoms with Crippen LogP contribution in [0.5, 0.6) is 5.75 Å². The van der Waals surface area contributed by atoms with Crippen LogP contribution in [0.2, 0.25) is 0 Å². The van der Waals surface area contributed by atoms with E-state index in [9.17, 15) is 4.79 Å². The summed E-state index contributed by atoms with van der Waals surface area (Å²) >= 11 is 1.65. The van der Waals surface area contributed by atoms with Gasteiger partial charge in [-0.05, 0) is 59.8 Å². The number of carbonyl (C=O) groups excluding carboxylic acids is 1. The van der Waals surface area contributed by atoms with Crippen LogP contribution in [0.15, 0.2) is 54.0 Å². The first-order valence-electron chi connectivity index (χ1n) is 7.59. The number of thiophene rings is 1. The summed E-state index contributed by atoms with van der Waals surface area (Å²) in [5.41, 5.74) is 3.51. The monoisotopic (exact) mass is 338 g/mol. The summed E-state index contributed by atoms with van der Waals surface area (Å²) in [6.45, 7) is 2.39. The fourth-order valence-electron chi connectivity index (χ4n) is 2.45. The van der Waals surface area contributed by atoms with Gasteiger partial charge in [0.15, 0.2) is 0 Å². The van der Waals surface area contributed by atoms with Crippen molar-refractivity contribution in [1.82, 2.24) is 10.3 Å². The number of pyridine rings is 1. The van der Waals surface area contributed by atoms with Crippen molar-refractivity contribution < 1.29 is 9.53 Å². The number of rotatable bonds is 5. The molecular weight excluding hydrogens is 320 g/mol. The molecule has 1 amide bonds. The molecule has 1 aromatic carbocycles. The molecule has 4 nitrogen and oxygen atoms in total. The molecule has 5 heteroatoms. The number of benzene rings is 1. The maximum absolute atomic E-state index is 12.3. The van der Waals surface area contributed by atoms with E-state index < -0.39 is 0 Å². The Labute approximate surface area is 145 Å². The third-order valence-corrected chi connectivity index (χ3v) is 4.60. The van der Waals surface area contributed by atoms with E-state index in [2.05, 4.69) is 10.3 Å². The predicted octanol–water partition coefficient (Wildman–Crippen LogP) is 4.06. The van der Waals surface area contributed by atoms with Crippen LogP contribution in [0, 0.1) is 6.92 Å². The van der Waals surface area contributed by atoms with E-state index in [1.165, 1.54) is 0 Å². The Morgan fingerprint density at radius 2 is 2.12 bits per heavy atom. The first kappa shape index (κ1) is 16.2. The maximum Gasteiger partial charge on any atom is 0.251 e. The fourth-order valence-corrected chi connectivity index (χ4v) is 3.14. The third-order valence-electron chi connectivity index (χ3n) is 3.71. The van der Waals surface area contributed by atoms with Gasteiger partial charge in [0.05, 0.1) is 17.7 Å². The first-order chi connectivity index (χ1) is 11.7. The normalized spacial score (nSPS) is 10.4. The molecule has 1 N–H and O–H groups in total. The Morgan fingerprint density at radius 1 is 1.25 bits per heavy atom. The minimum absolute atomic E-state index is 0.102. The van der Waals surface area contributed by atoms with E-state index >= 15 is 0 Å². The summed E-state index contributed by atoms with van der Waals surface area (Å²) in [6.07, 6.45) is 1.77. The minimum Gasteiger partial charge on any atom is -0.496 e. The highest BCUT2D eigenvalue weighted by atomic mass is 32.1. The van der Waals surface area contributed by atoms with Gasteiger partial charge >= 0.3 is 0 Å². The van der Waals surface area contributed by atoms with E-state index in [-0.39, 0.29) is 5.91 Å². The van der Waals surface area contributed by atoms with Crippen LogP contribution in [0.4, 0.5) is 0 Å². The lowest BCUT2D eigenvalue weighted by molar-refractivity contribution is 0.0951. The average Bonchev–Trinajstić information content (AvgIpc) is 3.14. The third kappa shape index (κ3) is 3.63. The van der Waals surface area contributed by atoms with Gasteiger partial charge in [0.1, 0.15) is 5.75 Å². The van der Waals surface area contributed by atoms with Crippen LogP contribution in [0.25, 0.3) is 10.6 Å². The Balaban J connectivity index is 1.68. The molecule has 0 aliphatic rings. The molecule has 0 saturated carbocycles. The van der Waals surface area contributed by atoms with Crippen LogP contribution in [-0.2, 0) is 6.54 Å². The summed E-state index contributed by atoms with van der Waals surface area (Å²) in [7, 11) is 1.62. The highest BCUT2D eigenvalue weighted by molar-refractivity contribution is 7.13. The van der Waals surface area contributed by atoms with E-state index in [0.717, 1.165) is 27.4 Å². The summed E-state index contributed by atoms with van der Waals surface area (Å²) in [5, 5.41) is 4.97. The van der Waals surface area contributed by atoms with Crippen LogP contribution in [0.3, 0.4) is 0 Å². The maximum atomic E-state index is 12.3. The molecule has 0 aliphatic heterocycles. The fraction of sp³-hybridized carbons (Fsp3) is 0.158. The molecule has 0 spiro atoms. The number of carbonyl (C=O) groups is 1. The summed E-state index contributed by atoms with van der Waals surface area (Å²) in [5.74, 6) is 0.677. The smallest absolute Gasteiger partial charge is 0.251 e. The van der Waals surface area contributed by atoms with Crippen molar-refractivity contribution in [2.45, 2.75) is 13.5 Å². The second-order valence-electron chi connectivity index (χ2n) is 5.39. The van der Waals surface area contributed by atoms with Gasteiger partial charge in [-0.2, -0.15) is 0 Å². The number of hydrogen-bond donors (Lipinski definition) is 1. The molecule has 0 radical (unpaired) electrons. The quantitative estimate of drug-likeness (QED) is 0.763. The molecule has 24 heavy (non-hydrogen) atoms. The first-order valence-corrected chi connectivity index (χ1v) is 8.47. The van der Waals surface area contributed by atoms with Crippen LogP contribution in [-0.4, -0.2) is 18.0 Å². The standard InChI is InChI=1S/C19H18N2O2S/c1-13-10-15(5-6-17(13)23-2)19(22)21-12-14-7-8-20-16(11-14)18-4-3-9-24-18/h3-11H,12H2,1-2H3,(H,21,22). The van der Waals surface area contributed by atoms with Gasteiger partial charge in [-0.1, -0.05) is 6.07 Å². The van der Waals surface area contributed by atoms with Crippen molar-refractivity contribution in [1.29, 1.82) is 0 Å². The van der Waals surface area contributed by atoms with Crippen molar-refractivity contribution in [3.05, 3.63) is 70.7 Å². The molecule has 0 aliphatic carbocycles. The average molecular weight is 338 g/mol. The highest BCUT2D eigenvalue weighted by Gasteiger charge is 2.08. The van der Waals surface area contributed by atoms with Gasteiger partial charge in [0.25, 0.3) is 5.91 Å². The lowest BCUT2D eigenvalue weighted by Gasteiger charge is -2.09. The topological polar surface area (TPSA) is 51.2 Å². The number of aromatic nitrogens is 1. The minimum atomic E-state index is -0.102. The number of methoxy groups -OCH3 is 1. The van der Waals surface area contributed by atoms with Crippen molar-refractivity contribution >= 4 is 17.2 Å². The molecular formula is C19H18N2O2S. The number of ether oxygens (including phenoxy) is 1. The molecule has 0 atom stereocenters. The summed E-state index contributed by atoms with van der Waals surface area (Å²) < 4.78 is 5.22. The largest absolute Gasteiger partial charge is 0.496 e. The second kappa shape index (κ2) is 7.27. The van der Waals surface area contributed by atoms with Crippen LogP contribution >= 0.6 is 11.3 Å². The van der Waals surface area contributed by atoms with E-state index in [0.29, 0.717) is 12.1 Å². The SMILES string of the molecule is COc1ccc(C(=O)NCc2ccnc(-c3cccs3)c2)cc1C. The molecule has 3 aromatic rings. The lowest BCUT2D eigenvalue weighted by Crippen LogP contribution is -2.22. The van der Waals surface area contributed by atoms with E-state index in [1.807, 2.05) is 48.7 Å². The van der Waals surface area contributed by atoms with Gasteiger partial charge in [-0.15, -0.1) is 11.3 Å². The molecule has 0 unspecified atom stereocenters. The zero-order chi connectivity index (χ0) is 16.9. The predicted molar refractivity (Wildman–Crippen MR) is 96.5 cm³/mol. The molecule has 2 aromatic heterocycles. The van der Waals surface area contributed by atoms with Crippen LogP contribution in [0.1, 0.15) is 21.5 Å². The number of nitrogens with zero attached hydrogens (tertiary/aromatic N) is 1. The Bertz CT molecular complexity index is 844. The molecule has 0 bridgehead atoms. The Hall–Kier alpha value is -2.66. The molecule has 0 fully saturated rings. The van der Waals surface area contributed by atoms with Gasteiger partial charge in [-0.25, -0.2) is 0 Å². The van der Waals surface area contributed by atoms with E-state index in [4.69, 9.17) is 4.74 Å². The lowest BCUT2D eigenvalue weighted by atomic mass is 10.1. The van der Waals surface area contributed by atoms with Gasteiger partial charge in [0.2, 0.25) is 0 Å². The molecule has 2 heterocycles. The van der Waals surface area contributed by atoms with Crippen molar-refractivity contribution in [2.75, 3.05) is 7.11 Å². The Kier molecular flexibility index (Phi) is 4.91. The van der Waals surface area contributed by atoms with Gasteiger partial charge in [0, 0.05) is 18.3 Å². The van der Waals surface area contributed by atoms with Crippen molar-refractivity contribution in [3.63, 3.8) is 0 Å². The second-order valence-corrected chi connectivity index (χ2v) is 6.34. The number of amides is 1. The zero-order valence-corrected chi connectivity index (χ0v) is 14.4. The number of aryl methyl sites for hydroxylation is 1. The van der Waals surface area contributed by atoms with E-state index in [1.54, 1.807) is 30.7 Å². The molecule has 122 valence electrons. The van der Waals surface area contributed by atoms with Crippen LogP contribution < -0.4 is 10.1 Å². The Morgan fingerprint density at radius 3 is 2.83 bits per heavy atom. The summed E-state index contributed by atoms with van der Waals surface area (Å²) in [4.78, 5) is 17.8. The van der Waals surface area contributed by atoms with Gasteiger partial charge < -0.3 is 10.1 Å². The van der Waals surface area contributed by atoms with Gasteiger partial charge in [-0.3, -0.25) is 9.78 Å². The highest BCUT2D eigenvalue weighted by Crippen LogP contribution is 2.23. The summed E-state index contributed by atoms with van der Waals surface area (Å²) in [6, 6.07) is 13.4. The zero-order valence-electron chi connectivity index (χ0n) is 13.6.